The minimum absolute atomic E-state index is 0.559. The van der Waals surface area contributed by atoms with Gasteiger partial charge in [-0.1, -0.05) is 0 Å². The van der Waals surface area contributed by atoms with Gasteiger partial charge in [0, 0.05) is 48.5 Å². The van der Waals surface area contributed by atoms with Crippen molar-refractivity contribution in [2.24, 2.45) is 0 Å². The zero-order valence-electron chi connectivity index (χ0n) is 25.2. The van der Waals surface area contributed by atoms with Crippen LogP contribution in [0.4, 0.5) is 0 Å². The molecule has 248 valence electrons. The van der Waals surface area contributed by atoms with Gasteiger partial charge in [0.15, 0.2) is 37.0 Å². The van der Waals surface area contributed by atoms with Crippen molar-refractivity contribution in [3.05, 3.63) is 0 Å². The Morgan fingerprint density at radius 1 is 0.568 bits per heavy atom. The predicted octanol–water partition coefficient (Wildman–Crippen LogP) is -1.83. The van der Waals surface area contributed by atoms with E-state index in [4.69, 9.17) is 42.6 Å². The summed E-state index contributed by atoms with van der Waals surface area (Å²) in [6, 6.07) is -1.43. The minimum atomic E-state index is -1.79. The van der Waals surface area contributed by atoms with Crippen molar-refractivity contribution < 1.29 is 81.3 Å². The fourth-order valence-corrected chi connectivity index (χ4v) is 4.59. The molecule has 2 aliphatic heterocycles. The number of esters is 6. The third-order valence-electron chi connectivity index (χ3n) is 6.03. The Morgan fingerprint density at radius 2 is 1.00 bits per heavy atom. The molecule has 0 spiro atoms. The number of hydrogen-bond acceptors (Lipinski definition) is 17. The first-order chi connectivity index (χ1) is 20.5. The van der Waals surface area contributed by atoms with E-state index in [0.29, 0.717) is 0 Å². The zero-order valence-corrected chi connectivity index (χ0v) is 25.2. The summed E-state index contributed by atoms with van der Waals surface area (Å²) >= 11 is 0. The van der Waals surface area contributed by atoms with E-state index in [-0.39, 0.29) is 0 Å². The maximum absolute atomic E-state index is 12.2. The molecule has 0 saturated carbocycles. The van der Waals surface area contributed by atoms with Crippen molar-refractivity contribution in [3.63, 3.8) is 0 Å². The highest BCUT2D eigenvalue weighted by molar-refractivity contribution is 5.73. The molecule has 0 aromatic heterocycles. The van der Waals surface area contributed by atoms with Gasteiger partial charge < -0.3 is 53.1 Å². The highest BCUT2D eigenvalue weighted by Gasteiger charge is 2.56. The van der Waals surface area contributed by atoms with Gasteiger partial charge in [0.2, 0.25) is 5.91 Å². The molecule has 0 aliphatic carbocycles. The SMILES string of the molecule is CC(=O)NC1C(O)OC(COC(C)=O)[C@@H](O[C@@H]2OC(COC(C)=O)[C@H](OC(C)=O)[C@H](OC(C)=O)C2OC(C)=O)[C@@H]1OC(C)=O. The second-order valence-electron chi connectivity index (χ2n) is 9.84. The number of rotatable bonds is 11. The van der Waals surface area contributed by atoms with Crippen LogP contribution < -0.4 is 5.32 Å². The Bertz CT molecular complexity index is 1090. The third-order valence-corrected chi connectivity index (χ3v) is 6.03. The van der Waals surface area contributed by atoms with E-state index in [0.717, 1.165) is 48.5 Å². The van der Waals surface area contributed by atoms with Gasteiger partial charge in [-0.2, -0.15) is 0 Å². The molecule has 2 rings (SSSR count). The van der Waals surface area contributed by atoms with Crippen LogP contribution in [0.3, 0.4) is 0 Å². The molecule has 2 fully saturated rings. The molecule has 18 nitrogen and oxygen atoms in total. The van der Waals surface area contributed by atoms with E-state index in [1.165, 1.54) is 0 Å². The fraction of sp³-hybridized carbons (Fsp3) is 0.731. The maximum atomic E-state index is 12.2. The van der Waals surface area contributed by atoms with Gasteiger partial charge in [0.05, 0.1) is 0 Å². The number of carbonyl (C=O) groups excluding carboxylic acids is 7. The first kappa shape index (κ1) is 36.3. The van der Waals surface area contributed by atoms with Crippen LogP contribution in [0.25, 0.3) is 0 Å². The van der Waals surface area contributed by atoms with Crippen LogP contribution in [0.2, 0.25) is 0 Å². The molecule has 0 radical (unpaired) electrons. The van der Waals surface area contributed by atoms with Crippen molar-refractivity contribution in [1.29, 1.82) is 0 Å². The number of aliphatic hydroxyl groups is 1. The summed E-state index contributed by atoms with van der Waals surface area (Å²) in [6.45, 7) is 6.33. The lowest BCUT2D eigenvalue weighted by Gasteiger charge is -2.48. The lowest BCUT2D eigenvalue weighted by atomic mass is 9.95. The van der Waals surface area contributed by atoms with Crippen LogP contribution in [0.1, 0.15) is 48.5 Å². The van der Waals surface area contributed by atoms with E-state index >= 15 is 0 Å². The molecule has 2 heterocycles. The summed E-state index contributed by atoms with van der Waals surface area (Å²) < 4.78 is 49.2. The summed E-state index contributed by atoms with van der Waals surface area (Å²) in [5.41, 5.74) is 0. The van der Waals surface area contributed by atoms with Crippen LogP contribution in [-0.2, 0) is 76.2 Å². The van der Waals surface area contributed by atoms with Crippen molar-refractivity contribution in [2.45, 2.75) is 110 Å². The molecule has 1 amide bonds. The van der Waals surface area contributed by atoms with Crippen LogP contribution in [0.5, 0.6) is 0 Å². The van der Waals surface area contributed by atoms with E-state index in [9.17, 15) is 38.7 Å². The average Bonchev–Trinajstić information content (AvgIpc) is 2.87. The first-order valence-electron chi connectivity index (χ1n) is 13.4. The van der Waals surface area contributed by atoms with Crippen LogP contribution >= 0.6 is 0 Å². The lowest BCUT2D eigenvalue weighted by Crippen LogP contribution is -2.68. The van der Waals surface area contributed by atoms with Crippen LogP contribution in [0.15, 0.2) is 0 Å². The summed E-state index contributed by atoms with van der Waals surface area (Å²) in [7, 11) is 0. The Balaban J connectivity index is 2.66. The number of ether oxygens (including phenoxy) is 9. The Morgan fingerprint density at radius 3 is 1.45 bits per heavy atom. The van der Waals surface area contributed by atoms with Crippen molar-refractivity contribution >= 4 is 41.7 Å². The highest BCUT2D eigenvalue weighted by Crippen LogP contribution is 2.34. The quantitative estimate of drug-likeness (QED) is 0.188. The lowest BCUT2D eigenvalue weighted by molar-refractivity contribution is -0.347. The molecule has 5 unspecified atom stereocenters. The Labute approximate surface area is 251 Å². The monoisotopic (exact) mass is 635 g/mol. The average molecular weight is 636 g/mol. The van der Waals surface area contributed by atoms with Crippen LogP contribution in [0, 0.1) is 0 Å². The molecule has 2 saturated heterocycles. The molecular weight excluding hydrogens is 598 g/mol. The third kappa shape index (κ3) is 10.7. The van der Waals surface area contributed by atoms with E-state index in [1.807, 2.05) is 0 Å². The van der Waals surface area contributed by atoms with Crippen molar-refractivity contribution in [2.75, 3.05) is 13.2 Å². The number of carbonyl (C=O) groups is 7. The first-order valence-corrected chi connectivity index (χ1v) is 13.4. The van der Waals surface area contributed by atoms with E-state index < -0.39 is 116 Å². The second kappa shape index (κ2) is 16.3. The number of hydrogen-bond donors (Lipinski definition) is 2. The van der Waals surface area contributed by atoms with Crippen LogP contribution in [-0.4, -0.2) is 121 Å². The van der Waals surface area contributed by atoms with Crippen molar-refractivity contribution in [1.82, 2.24) is 5.32 Å². The second-order valence-corrected chi connectivity index (χ2v) is 9.84. The van der Waals surface area contributed by atoms with Gasteiger partial charge in [-0.3, -0.25) is 33.6 Å². The fourth-order valence-electron chi connectivity index (χ4n) is 4.59. The largest absolute Gasteiger partial charge is 0.463 e. The molecule has 2 aliphatic rings. The topological polar surface area (TPSA) is 235 Å². The molecule has 0 bridgehead atoms. The summed E-state index contributed by atoms with van der Waals surface area (Å²) in [4.78, 5) is 83.6. The predicted molar refractivity (Wildman–Crippen MR) is 138 cm³/mol. The number of nitrogens with one attached hydrogen (secondary N) is 1. The van der Waals surface area contributed by atoms with Gasteiger partial charge in [-0.15, -0.1) is 0 Å². The van der Waals surface area contributed by atoms with Crippen molar-refractivity contribution in [3.8, 4) is 0 Å². The van der Waals surface area contributed by atoms with E-state index in [2.05, 4.69) is 5.32 Å². The minimum Gasteiger partial charge on any atom is -0.463 e. The molecule has 0 aromatic rings. The molecule has 10 atom stereocenters. The summed E-state index contributed by atoms with van der Waals surface area (Å²) in [6.07, 6.45) is -14.2. The molecular formula is C26H37NO17. The van der Waals surface area contributed by atoms with Gasteiger partial charge in [0.25, 0.3) is 0 Å². The standard InChI is InChI=1S/C26H37NO17/c1-10(28)27-19-22(39-14(5)32)20(17(42-25(19)35)8-36-11(2)29)44-26-24(41-16(7)34)23(40-15(6)33)21(38-13(4)31)18(43-26)9-37-12(3)30/h17-26,35H,8-9H2,1-7H3,(H,27,28)/t17?,18?,19?,20-,21+,22-,23+,24?,25?,26+/m1/s1. The van der Waals surface area contributed by atoms with Gasteiger partial charge in [-0.05, 0) is 0 Å². The maximum Gasteiger partial charge on any atom is 0.303 e. The number of aliphatic hydroxyl groups excluding tert-OH is 1. The van der Waals surface area contributed by atoms with E-state index in [1.54, 1.807) is 0 Å². The number of amides is 1. The summed E-state index contributed by atoms with van der Waals surface area (Å²) in [5, 5.41) is 13.1. The van der Waals surface area contributed by atoms with Gasteiger partial charge in [-0.25, -0.2) is 0 Å². The molecule has 18 heteroatoms. The zero-order chi connectivity index (χ0) is 33.3. The van der Waals surface area contributed by atoms with Gasteiger partial charge in [0.1, 0.15) is 37.6 Å². The molecule has 2 N–H and O–H groups in total. The van der Waals surface area contributed by atoms with Gasteiger partial charge >= 0.3 is 35.8 Å². The summed E-state index contributed by atoms with van der Waals surface area (Å²) in [5.74, 6) is -5.68. The molecule has 0 aromatic carbocycles. The molecule has 44 heavy (non-hydrogen) atoms. The smallest absolute Gasteiger partial charge is 0.303 e. The Kier molecular flexibility index (Phi) is 13.4. The highest BCUT2D eigenvalue weighted by atomic mass is 16.8. The Hall–Kier alpha value is -3.87. The normalized spacial score (nSPS) is 31.5.